The number of carbonyl (C=O) groups excluding carboxylic acids is 2. The smallest absolute Gasteiger partial charge is 0.350 e. The lowest BCUT2D eigenvalue weighted by Crippen LogP contribution is -2.37. The molecule has 0 unspecified atom stereocenters. The predicted molar refractivity (Wildman–Crippen MR) is 97.7 cm³/mol. The summed E-state index contributed by atoms with van der Waals surface area (Å²) < 4.78 is 38.6. The van der Waals surface area contributed by atoms with Crippen molar-refractivity contribution in [1.29, 1.82) is 0 Å². The molecule has 0 atom stereocenters. The molecule has 144 valence electrons. The van der Waals surface area contributed by atoms with Crippen LogP contribution in [0.3, 0.4) is 0 Å². The Morgan fingerprint density at radius 1 is 1.04 bits per heavy atom. The van der Waals surface area contributed by atoms with Crippen molar-refractivity contribution in [2.45, 2.75) is 26.9 Å². The van der Waals surface area contributed by atoms with E-state index in [1.165, 1.54) is 24.0 Å². The van der Waals surface area contributed by atoms with Crippen molar-refractivity contribution in [2.75, 3.05) is 18.0 Å². The van der Waals surface area contributed by atoms with Gasteiger partial charge < -0.3 is 10.2 Å². The second kappa shape index (κ2) is 8.24. The Balaban J connectivity index is 2.06. The van der Waals surface area contributed by atoms with Crippen molar-refractivity contribution < 1.29 is 22.8 Å². The lowest BCUT2D eigenvalue weighted by molar-refractivity contribution is -0.137. The number of halogens is 3. The fourth-order valence-corrected chi connectivity index (χ4v) is 2.58. The third-order valence-electron chi connectivity index (χ3n) is 4.26. The number of rotatable bonds is 5. The molecule has 0 radical (unpaired) electrons. The number of hydrogen-bond acceptors (Lipinski definition) is 2. The van der Waals surface area contributed by atoms with E-state index in [-0.39, 0.29) is 24.7 Å². The van der Waals surface area contributed by atoms with Crippen molar-refractivity contribution in [1.82, 2.24) is 5.32 Å². The topological polar surface area (TPSA) is 49.4 Å². The second-order valence-electron chi connectivity index (χ2n) is 6.27. The molecular formula is C20H21F3N2O2. The number of carbonyl (C=O) groups is 2. The van der Waals surface area contributed by atoms with Crippen LogP contribution in [0.2, 0.25) is 0 Å². The zero-order valence-corrected chi connectivity index (χ0v) is 15.4. The molecule has 1 N–H and O–H groups in total. The van der Waals surface area contributed by atoms with Crippen molar-refractivity contribution in [3.8, 4) is 0 Å². The highest BCUT2D eigenvalue weighted by Crippen LogP contribution is 2.31. The molecule has 0 spiro atoms. The number of alkyl halides is 3. The Morgan fingerprint density at radius 2 is 1.74 bits per heavy atom. The van der Waals surface area contributed by atoms with Gasteiger partial charge in [0.15, 0.2) is 0 Å². The van der Waals surface area contributed by atoms with Crippen molar-refractivity contribution in [3.05, 3.63) is 64.7 Å². The zero-order chi connectivity index (χ0) is 20.2. The molecule has 2 aromatic carbocycles. The standard InChI is InChI=1S/C20H21F3N2O2/c1-13-7-8-16(11-14(13)2)19(27)24-9-10-25(15(3)26)18-6-4-5-17(12-18)20(21,22)23/h4-8,11-12H,9-10H2,1-3H3,(H,24,27). The van der Waals surface area contributed by atoms with Gasteiger partial charge in [0, 0.05) is 31.3 Å². The minimum absolute atomic E-state index is 0.0627. The molecule has 7 heteroatoms. The normalized spacial score (nSPS) is 11.2. The summed E-state index contributed by atoms with van der Waals surface area (Å²) in [6.07, 6.45) is -4.49. The summed E-state index contributed by atoms with van der Waals surface area (Å²) in [7, 11) is 0. The summed E-state index contributed by atoms with van der Waals surface area (Å²) >= 11 is 0. The van der Waals surface area contributed by atoms with Gasteiger partial charge in [0.25, 0.3) is 5.91 Å². The molecule has 0 bridgehead atoms. The van der Waals surface area contributed by atoms with Gasteiger partial charge in [-0.05, 0) is 55.3 Å². The van der Waals surface area contributed by atoms with E-state index in [0.717, 1.165) is 23.3 Å². The van der Waals surface area contributed by atoms with Crippen LogP contribution in [0, 0.1) is 13.8 Å². The van der Waals surface area contributed by atoms with Gasteiger partial charge in [-0.15, -0.1) is 0 Å². The SMILES string of the molecule is CC(=O)N(CCNC(=O)c1ccc(C)c(C)c1)c1cccc(C(F)(F)F)c1. The van der Waals surface area contributed by atoms with Gasteiger partial charge in [-0.25, -0.2) is 0 Å². The predicted octanol–water partition coefficient (Wildman–Crippen LogP) is 4.11. The quantitative estimate of drug-likeness (QED) is 0.851. The minimum atomic E-state index is -4.49. The Kier molecular flexibility index (Phi) is 6.25. The molecule has 0 aliphatic rings. The molecule has 4 nitrogen and oxygen atoms in total. The van der Waals surface area contributed by atoms with Crippen LogP contribution in [-0.4, -0.2) is 24.9 Å². The average Bonchev–Trinajstić information content (AvgIpc) is 2.60. The van der Waals surface area contributed by atoms with Gasteiger partial charge in [-0.3, -0.25) is 9.59 Å². The maximum absolute atomic E-state index is 12.9. The average molecular weight is 378 g/mol. The highest BCUT2D eigenvalue weighted by atomic mass is 19.4. The maximum Gasteiger partial charge on any atom is 0.416 e. The molecule has 2 rings (SSSR count). The molecule has 0 fully saturated rings. The Hall–Kier alpha value is -2.83. The first-order valence-corrected chi connectivity index (χ1v) is 8.40. The third-order valence-corrected chi connectivity index (χ3v) is 4.26. The van der Waals surface area contributed by atoms with Gasteiger partial charge in [0.2, 0.25) is 5.91 Å². The second-order valence-corrected chi connectivity index (χ2v) is 6.27. The highest BCUT2D eigenvalue weighted by Gasteiger charge is 2.31. The molecule has 0 heterocycles. The van der Waals surface area contributed by atoms with Crippen LogP contribution in [0.25, 0.3) is 0 Å². The molecule has 2 amide bonds. The highest BCUT2D eigenvalue weighted by molar-refractivity contribution is 5.95. The first kappa shape index (κ1) is 20.5. The first-order chi connectivity index (χ1) is 12.6. The summed E-state index contributed by atoms with van der Waals surface area (Å²) in [6, 6.07) is 9.86. The maximum atomic E-state index is 12.9. The molecular weight excluding hydrogens is 357 g/mol. The van der Waals surface area contributed by atoms with E-state index < -0.39 is 17.6 Å². The lowest BCUT2D eigenvalue weighted by atomic mass is 10.1. The lowest BCUT2D eigenvalue weighted by Gasteiger charge is -2.22. The first-order valence-electron chi connectivity index (χ1n) is 8.40. The van der Waals surface area contributed by atoms with E-state index in [4.69, 9.17) is 0 Å². The van der Waals surface area contributed by atoms with E-state index in [9.17, 15) is 22.8 Å². The molecule has 0 aromatic heterocycles. The monoisotopic (exact) mass is 378 g/mol. The van der Waals surface area contributed by atoms with Crippen molar-refractivity contribution in [3.63, 3.8) is 0 Å². The zero-order valence-electron chi connectivity index (χ0n) is 15.4. The van der Waals surface area contributed by atoms with E-state index in [2.05, 4.69) is 5.32 Å². The summed E-state index contributed by atoms with van der Waals surface area (Å²) in [5.41, 5.74) is 1.85. The van der Waals surface area contributed by atoms with Gasteiger partial charge in [-0.1, -0.05) is 12.1 Å². The van der Waals surface area contributed by atoms with Crippen LogP contribution in [-0.2, 0) is 11.0 Å². The van der Waals surface area contributed by atoms with Crippen molar-refractivity contribution >= 4 is 17.5 Å². The van der Waals surface area contributed by atoms with Crippen LogP contribution in [0.5, 0.6) is 0 Å². The largest absolute Gasteiger partial charge is 0.416 e. The van der Waals surface area contributed by atoms with Gasteiger partial charge in [0.05, 0.1) is 5.56 Å². The van der Waals surface area contributed by atoms with Gasteiger partial charge >= 0.3 is 6.18 Å². The summed E-state index contributed by atoms with van der Waals surface area (Å²) in [5.74, 6) is -0.708. The molecule has 0 aliphatic heterocycles. The minimum Gasteiger partial charge on any atom is -0.350 e. The third kappa shape index (κ3) is 5.32. The fourth-order valence-electron chi connectivity index (χ4n) is 2.58. The van der Waals surface area contributed by atoms with E-state index in [1.807, 2.05) is 19.9 Å². The Labute approximate surface area is 156 Å². The van der Waals surface area contributed by atoms with Crippen LogP contribution in [0.4, 0.5) is 18.9 Å². The molecule has 2 aromatic rings. The van der Waals surface area contributed by atoms with E-state index in [0.29, 0.717) is 5.56 Å². The van der Waals surface area contributed by atoms with Crippen molar-refractivity contribution in [2.24, 2.45) is 0 Å². The number of amides is 2. The van der Waals surface area contributed by atoms with Crippen LogP contribution in [0.15, 0.2) is 42.5 Å². The number of hydrogen-bond donors (Lipinski definition) is 1. The van der Waals surface area contributed by atoms with Crippen LogP contribution >= 0.6 is 0 Å². The Bertz CT molecular complexity index is 847. The number of nitrogens with one attached hydrogen (secondary N) is 1. The van der Waals surface area contributed by atoms with Gasteiger partial charge in [0.1, 0.15) is 0 Å². The Morgan fingerprint density at radius 3 is 2.33 bits per heavy atom. The summed E-state index contributed by atoms with van der Waals surface area (Å²) in [6.45, 7) is 5.29. The number of benzene rings is 2. The fraction of sp³-hybridized carbons (Fsp3) is 0.300. The summed E-state index contributed by atoms with van der Waals surface area (Å²) in [4.78, 5) is 25.3. The van der Waals surface area contributed by atoms with Crippen LogP contribution < -0.4 is 10.2 Å². The number of nitrogens with zero attached hydrogens (tertiary/aromatic N) is 1. The van der Waals surface area contributed by atoms with Gasteiger partial charge in [-0.2, -0.15) is 13.2 Å². The van der Waals surface area contributed by atoms with Crippen LogP contribution in [0.1, 0.15) is 34.0 Å². The number of anilines is 1. The van der Waals surface area contributed by atoms with E-state index in [1.54, 1.807) is 12.1 Å². The molecule has 0 aliphatic carbocycles. The molecule has 0 saturated heterocycles. The number of aryl methyl sites for hydroxylation is 2. The molecule has 27 heavy (non-hydrogen) atoms. The summed E-state index contributed by atoms with van der Waals surface area (Å²) in [5, 5.41) is 2.69. The molecule has 0 saturated carbocycles. The van der Waals surface area contributed by atoms with E-state index >= 15 is 0 Å².